The molecule has 12 heteroatoms. The normalized spacial score (nSPS) is 20.2. The summed E-state index contributed by atoms with van der Waals surface area (Å²) in [6, 6.07) is 24.2. The first-order valence-electron chi connectivity index (χ1n) is 16.0. The standard InChI is InChI=1S/C37H42F4O5P2Si/c1-37(2,3)49(5,6)43-24-34-36(46-48(31-19-11-27(40)12-20-31)32-21-13-28(41)14-22-32)33(23-35(42-4)44-34)45-47(29-15-7-25(38)8-16-29)30-17-9-26(39)10-18-30/h7-22,33-36H,23-24H2,1-6H3/t33-,34-,35+,36+/m1/s1. The van der Waals surface area contributed by atoms with Gasteiger partial charge in [-0.3, -0.25) is 0 Å². The number of rotatable bonds is 12. The molecule has 0 bridgehead atoms. The lowest BCUT2D eigenvalue weighted by Crippen LogP contribution is -2.54. The molecule has 4 aromatic rings. The minimum Gasteiger partial charge on any atom is -0.414 e. The van der Waals surface area contributed by atoms with E-state index in [2.05, 4.69) is 33.9 Å². The summed E-state index contributed by atoms with van der Waals surface area (Å²) in [6.07, 6.45) is -2.46. The topological polar surface area (TPSA) is 46.2 Å². The smallest absolute Gasteiger partial charge is 0.192 e. The van der Waals surface area contributed by atoms with Crippen molar-refractivity contribution >= 4 is 45.8 Å². The van der Waals surface area contributed by atoms with Crippen molar-refractivity contribution in [1.29, 1.82) is 0 Å². The van der Waals surface area contributed by atoms with E-state index in [1.54, 1.807) is 55.6 Å². The van der Waals surface area contributed by atoms with Crippen molar-refractivity contribution in [3.05, 3.63) is 120 Å². The van der Waals surface area contributed by atoms with Crippen molar-refractivity contribution in [2.24, 2.45) is 0 Å². The Bertz CT molecular complexity index is 1550. The second-order valence-corrected chi connectivity index (χ2v) is 21.8. The van der Waals surface area contributed by atoms with Crippen molar-refractivity contribution in [1.82, 2.24) is 0 Å². The summed E-state index contributed by atoms with van der Waals surface area (Å²) in [4.78, 5) is 0. The quantitative estimate of drug-likeness (QED) is 0.0836. The molecule has 0 aliphatic carbocycles. The molecule has 5 rings (SSSR count). The molecular weight excluding hydrogens is 690 g/mol. The van der Waals surface area contributed by atoms with E-state index in [4.69, 9.17) is 22.9 Å². The Morgan fingerprint density at radius 3 is 1.37 bits per heavy atom. The van der Waals surface area contributed by atoms with Crippen LogP contribution in [0.1, 0.15) is 27.2 Å². The van der Waals surface area contributed by atoms with Gasteiger partial charge >= 0.3 is 0 Å². The summed E-state index contributed by atoms with van der Waals surface area (Å²) in [7, 11) is -3.96. The number of halogens is 4. The zero-order valence-electron chi connectivity index (χ0n) is 28.4. The molecule has 49 heavy (non-hydrogen) atoms. The number of hydrogen-bond donors (Lipinski definition) is 0. The van der Waals surface area contributed by atoms with Crippen LogP contribution in [0.2, 0.25) is 18.1 Å². The summed E-state index contributed by atoms with van der Waals surface area (Å²) < 4.78 is 89.3. The van der Waals surface area contributed by atoms with Gasteiger partial charge in [0.25, 0.3) is 0 Å². The Kier molecular flexibility index (Phi) is 12.5. The fourth-order valence-electron chi connectivity index (χ4n) is 5.03. The molecule has 1 heterocycles. The molecular formula is C37H42F4O5P2Si. The van der Waals surface area contributed by atoms with E-state index in [0.717, 1.165) is 10.6 Å². The molecule has 0 unspecified atom stereocenters. The van der Waals surface area contributed by atoms with E-state index in [1.807, 2.05) is 0 Å². The maximum absolute atomic E-state index is 14.1. The van der Waals surface area contributed by atoms with E-state index in [1.165, 1.54) is 48.5 Å². The number of ether oxygens (including phenoxy) is 2. The average molecular weight is 733 g/mol. The molecule has 4 aromatic carbocycles. The minimum absolute atomic E-state index is 0.0804. The van der Waals surface area contributed by atoms with Gasteiger partial charge in [-0.1, -0.05) is 20.8 Å². The molecule has 1 saturated heterocycles. The first kappa shape index (κ1) is 37.7. The largest absolute Gasteiger partial charge is 0.414 e. The highest BCUT2D eigenvalue weighted by Crippen LogP contribution is 2.46. The number of hydrogen-bond acceptors (Lipinski definition) is 5. The Hall–Kier alpha value is -2.52. The molecule has 1 aliphatic heterocycles. The van der Waals surface area contributed by atoms with Crippen molar-refractivity contribution in [3.8, 4) is 0 Å². The lowest BCUT2D eigenvalue weighted by molar-refractivity contribution is -0.236. The Morgan fingerprint density at radius 2 is 1.02 bits per heavy atom. The molecule has 0 saturated carbocycles. The van der Waals surface area contributed by atoms with Gasteiger partial charge in [-0.25, -0.2) is 17.6 Å². The van der Waals surface area contributed by atoms with Crippen molar-refractivity contribution in [2.75, 3.05) is 13.7 Å². The van der Waals surface area contributed by atoms with E-state index in [0.29, 0.717) is 10.6 Å². The minimum atomic E-state index is -2.26. The monoisotopic (exact) mass is 732 g/mol. The molecule has 0 amide bonds. The lowest BCUT2D eigenvalue weighted by Gasteiger charge is -2.45. The van der Waals surface area contributed by atoms with Crippen molar-refractivity contribution in [2.45, 2.75) is 69.9 Å². The Morgan fingerprint density at radius 1 is 0.653 bits per heavy atom. The van der Waals surface area contributed by atoms with Crippen LogP contribution in [0.3, 0.4) is 0 Å². The van der Waals surface area contributed by atoms with Gasteiger partial charge in [-0.15, -0.1) is 0 Å². The van der Waals surface area contributed by atoms with Crippen LogP contribution in [0, 0.1) is 23.3 Å². The Labute approximate surface area is 289 Å². The van der Waals surface area contributed by atoms with Crippen LogP contribution in [-0.4, -0.2) is 46.6 Å². The maximum Gasteiger partial charge on any atom is 0.192 e. The van der Waals surface area contributed by atoms with Crippen LogP contribution < -0.4 is 21.2 Å². The zero-order chi connectivity index (χ0) is 35.3. The lowest BCUT2D eigenvalue weighted by atomic mass is 10.0. The molecule has 0 radical (unpaired) electrons. The average Bonchev–Trinajstić information content (AvgIpc) is 3.07. The third-order valence-corrected chi connectivity index (χ3v) is 17.4. The van der Waals surface area contributed by atoms with Gasteiger partial charge in [0.05, 0.1) is 29.0 Å². The second kappa shape index (κ2) is 16.2. The third kappa shape index (κ3) is 9.63. The highest BCUT2D eigenvalue weighted by atomic mass is 31.1. The summed E-state index contributed by atoms with van der Waals surface area (Å²) in [6.45, 7) is 10.9. The third-order valence-electron chi connectivity index (χ3n) is 8.87. The van der Waals surface area contributed by atoms with Gasteiger partial charge in [-0.2, -0.15) is 0 Å². The van der Waals surface area contributed by atoms with Crippen LogP contribution in [0.4, 0.5) is 17.6 Å². The fourth-order valence-corrected chi connectivity index (χ4v) is 9.80. The molecule has 0 spiro atoms. The van der Waals surface area contributed by atoms with Crippen LogP contribution in [0.25, 0.3) is 0 Å². The summed E-state index contributed by atoms with van der Waals surface area (Å²) in [5.74, 6) is -1.58. The van der Waals surface area contributed by atoms with Crippen LogP contribution in [0.5, 0.6) is 0 Å². The number of benzene rings is 4. The molecule has 4 atom stereocenters. The van der Waals surface area contributed by atoms with Gasteiger partial charge in [0.15, 0.2) is 14.6 Å². The summed E-state index contributed by atoms with van der Waals surface area (Å²) in [5, 5.41) is 2.77. The molecule has 0 aromatic heterocycles. The highest BCUT2D eigenvalue weighted by Gasteiger charge is 2.46. The summed E-state index contributed by atoms with van der Waals surface area (Å²) >= 11 is 0. The van der Waals surface area contributed by atoms with Crippen LogP contribution in [0.15, 0.2) is 97.1 Å². The van der Waals surface area contributed by atoms with Gasteiger partial charge in [0, 0.05) is 34.7 Å². The SMILES string of the molecule is CO[C@@H]1C[C@@H](OP(c2ccc(F)cc2)c2ccc(F)cc2)[C@H](OP(c2ccc(F)cc2)c2ccc(F)cc2)[C@@H](CO[Si](C)(C)C(C)(C)C)O1. The first-order valence-corrected chi connectivity index (χ1v) is 21.4. The van der Waals surface area contributed by atoms with Gasteiger partial charge in [0.2, 0.25) is 0 Å². The van der Waals surface area contributed by atoms with Gasteiger partial charge in [-0.05, 0) is 115 Å². The van der Waals surface area contributed by atoms with Gasteiger partial charge in [0.1, 0.15) is 35.5 Å². The fraction of sp³-hybridized carbons (Fsp3) is 0.351. The molecule has 0 N–H and O–H groups in total. The molecule has 1 fully saturated rings. The first-order chi connectivity index (χ1) is 23.2. The zero-order valence-corrected chi connectivity index (χ0v) is 31.2. The predicted octanol–water partition coefficient (Wildman–Crippen LogP) is 8.19. The summed E-state index contributed by atoms with van der Waals surface area (Å²) in [5.41, 5.74) is 0. The van der Waals surface area contributed by atoms with E-state index in [9.17, 15) is 17.6 Å². The van der Waals surface area contributed by atoms with Crippen molar-refractivity contribution in [3.63, 3.8) is 0 Å². The van der Waals surface area contributed by atoms with Crippen LogP contribution in [-0.2, 0) is 22.9 Å². The van der Waals surface area contributed by atoms with Crippen molar-refractivity contribution < 1.29 is 40.5 Å². The predicted molar refractivity (Wildman–Crippen MR) is 191 cm³/mol. The van der Waals surface area contributed by atoms with Gasteiger partial charge < -0.3 is 22.9 Å². The molecule has 1 aliphatic rings. The highest BCUT2D eigenvalue weighted by molar-refractivity contribution is 7.69. The second-order valence-electron chi connectivity index (χ2n) is 13.4. The van der Waals surface area contributed by atoms with Crippen LogP contribution >= 0.6 is 16.3 Å². The molecule has 5 nitrogen and oxygen atoms in total. The van der Waals surface area contributed by atoms with E-state index >= 15 is 0 Å². The molecule has 262 valence electrons. The Balaban J connectivity index is 1.59. The van der Waals surface area contributed by atoms with E-state index in [-0.39, 0.29) is 18.1 Å². The van der Waals surface area contributed by atoms with E-state index < -0.39 is 72.5 Å². The number of methoxy groups -OCH3 is 1. The maximum atomic E-state index is 14.1.